The number of aryl methyl sites for hydroxylation is 1. The van der Waals surface area contributed by atoms with Gasteiger partial charge in [0.1, 0.15) is 6.61 Å². The van der Waals surface area contributed by atoms with Crippen molar-refractivity contribution in [3.05, 3.63) is 18.0 Å². The molecule has 4 nitrogen and oxygen atoms in total. The van der Waals surface area contributed by atoms with Crippen LogP contribution < -0.4 is 5.32 Å². The third kappa shape index (κ3) is 5.50. The van der Waals surface area contributed by atoms with Gasteiger partial charge in [0.15, 0.2) is 0 Å². The molecule has 0 aliphatic rings. The molecule has 18 heavy (non-hydrogen) atoms. The molecule has 0 bridgehead atoms. The molecular weight excluding hydrogens is 247 g/mol. The molecule has 0 aliphatic carbocycles. The molecule has 104 valence electrons. The van der Waals surface area contributed by atoms with E-state index in [4.69, 9.17) is 0 Å². The van der Waals surface area contributed by atoms with Gasteiger partial charge in [-0.1, -0.05) is 0 Å². The molecule has 0 spiro atoms. The van der Waals surface area contributed by atoms with Gasteiger partial charge < -0.3 is 10.1 Å². The normalized spacial score (nSPS) is 13.8. The summed E-state index contributed by atoms with van der Waals surface area (Å²) in [5.41, 5.74) is 0.979. The summed E-state index contributed by atoms with van der Waals surface area (Å²) in [6.07, 6.45) is -0.0779. The summed E-state index contributed by atoms with van der Waals surface area (Å²) >= 11 is 0. The number of aromatic nitrogens is 2. The number of hydrogen-bond acceptors (Lipinski definition) is 3. The molecule has 0 aromatic carbocycles. The highest BCUT2D eigenvalue weighted by atomic mass is 19.4. The van der Waals surface area contributed by atoms with Crippen LogP contribution in [-0.4, -0.2) is 42.3 Å². The summed E-state index contributed by atoms with van der Waals surface area (Å²) in [4.78, 5) is 0. The number of nitrogens with one attached hydrogen (secondary N) is 1. The Morgan fingerprint density at radius 2 is 2.22 bits per heavy atom. The molecule has 1 unspecified atom stereocenters. The fourth-order valence-corrected chi connectivity index (χ4v) is 1.53. The van der Waals surface area contributed by atoms with E-state index in [9.17, 15) is 13.2 Å². The summed E-state index contributed by atoms with van der Waals surface area (Å²) in [5, 5.41) is 7.04. The summed E-state index contributed by atoms with van der Waals surface area (Å²) in [6, 6.07) is -0.151. The highest BCUT2D eigenvalue weighted by molar-refractivity contribution is 5.06. The molecule has 0 fully saturated rings. The van der Waals surface area contributed by atoms with Crippen LogP contribution in [0.25, 0.3) is 0 Å². The number of halogens is 3. The van der Waals surface area contributed by atoms with Crippen molar-refractivity contribution in [2.24, 2.45) is 0 Å². The number of nitrogens with zero attached hydrogens (tertiary/aromatic N) is 2. The lowest BCUT2D eigenvalue weighted by atomic mass is 10.1. The fraction of sp³-hybridized carbons (Fsp3) is 0.727. The first-order valence-electron chi connectivity index (χ1n) is 5.77. The summed E-state index contributed by atoms with van der Waals surface area (Å²) < 4.78 is 42.2. The van der Waals surface area contributed by atoms with Gasteiger partial charge in [-0.3, -0.25) is 4.68 Å². The fourth-order valence-electron chi connectivity index (χ4n) is 1.53. The Hall–Kier alpha value is -1.08. The van der Waals surface area contributed by atoms with Gasteiger partial charge in [0.25, 0.3) is 0 Å². The van der Waals surface area contributed by atoms with Gasteiger partial charge in [0.2, 0.25) is 0 Å². The van der Waals surface area contributed by atoms with Crippen molar-refractivity contribution in [3.63, 3.8) is 0 Å². The van der Waals surface area contributed by atoms with Gasteiger partial charge in [-0.2, -0.15) is 18.3 Å². The molecule has 1 rings (SSSR count). The van der Waals surface area contributed by atoms with Crippen molar-refractivity contribution in [3.8, 4) is 0 Å². The van der Waals surface area contributed by atoms with Gasteiger partial charge in [-0.05, 0) is 26.0 Å². The summed E-state index contributed by atoms with van der Waals surface area (Å²) in [6.45, 7) is 1.56. The molecule has 7 heteroatoms. The molecule has 0 saturated carbocycles. The second kappa shape index (κ2) is 6.75. The Morgan fingerprint density at radius 3 is 2.72 bits per heavy atom. The maximum Gasteiger partial charge on any atom is 0.411 e. The number of rotatable bonds is 7. The van der Waals surface area contributed by atoms with E-state index in [0.29, 0.717) is 6.42 Å². The van der Waals surface area contributed by atoms with E-state index in [1.54, 1.807) is 17.9 Å². The molecule has 1 atom stereocenters. The van der Waals surface area contributed by atoms with E-state index in [1.807, 2.05) is 13.1 Å². The largest absolute Gasteiger partial charge is 0.411 e. The Balaban J connectivity index is 2.37. The van der Waals surface area contributed by atoms with E-state index >= 15 is 0 Å². The van der Waals surface area contributed by atoms with Gasteiger partial charge in [0.05, 0.1) is 12.8 Å². The van der Waals surface area contributed by atoms with E-state index < -0.39 is 12.8 Å². The third-order valence-electron chi connectivity index (χ3n) is 2.49. The summed E-state index contributed by atoms with van der Waals surface area (Å²) in [5.74, 6) is 0. The first-order chi connectivity index (χ1) is 8.44. The monoisotopic (exact) mass is 265 g/mol. The first kappa shape index (κ1) is 15.0. The van der Waals surface area contributed by atoms with Crippen LogP contribution in [0.5, 0.6) is 0 Å². The van der Waals surface area contributed by atoms with Gasteiger partial charge >= 0.3 is 6.18 Å². The predicted octanol–water partition coefficient (Wildman–Crippen LogP) is 1.61. The van der Waals surface area contributed by atoms with Crippen LogP contribution in [0.4, 0.5) is 13.2 Å². The first-order valence-corrected chi connectivity index (χ1v) is 5.77. The maximum absolute atomic E-state index is 11.9. The van der Waals surface area contributed by atoms with Crippen molar-refractivity contribution in [1.29, 1.82) is 0 Å². The Labute approximate surface area is 104 Å². The zero-order valence-electron chi connectivity index (χ0n) is 10.5. The van der Waals surface area contributed by atoms with Crippen LogP contribution in [0.1, 0.15) is 12.5 Å². The zero-order chi connectivity index (χ0) is 13.6. The minimum atomic E-state index is -4.27. The van der Waals surface area contributed by atoms with Crippen LogP contribution in [0.3, 0.4) is 0 Å². The number of alkyl halides is 3. The van der Waals surface area contributed by atoms with Crippen molar-refractivity contribution in [1.82, 2.24) is 15.1 Å². The van der Waals surface area contributed by atoms with Crippen LogP contribution >= 0.6 is 0 Å². The van der Waals surface area contributed by atoms with Crippen molar-refractivity contribution in [2.75, 3.05) is 20.3 Å². The van der Waals surface area contributed by atoms with Crippen molar-refractivity contribution in [2.45, 2.75) is 32.1 Å². The standard InChI is InChI=1S/C11H18F3N3O/c1-3-17-6-9(5-16-17)4-10(15-2)7-18-8-11(12,13)14/h5-6,10,15H,3-4,7-8H2,1-2H3. The van der Waals surface area contributed by atoms with Crippen LogP contribution in [0, 0.1) is 0 Å². The van der Waals surface area contributed by atoms with Gasteiger partial charge in [-0.25, -0.2) is 0 Å². The SMILES string of the molecule is CCn1cc(CC(COCC(F)(F)F)NC)cn1. The number of ether oxygens (including phenoxy) is 1. The molecule has 0 aliphatic heterocycles. The minimum absolute atomic E-state index is 0.0211. The topological polar surface area (TPSA) is 39.1 Å². The lowest BCUT2D eigenvalue weighted by Crippen LogP contribution is -2.34. The van der Waals surface area contributed by atoms with E-state index in [1.165, 1.54) is 0 Å². The summed E-state index contributed by atoms with van der Waals surface area (Å²) in [7, 11) is 1.70. The zero-order valence-corrected chi connectivity index (χ0v) is 10.5. The molecular formula is C11H18F3N3O. The van der Waals surface area contributed by atoms with Crippen molar-refractivity contribution >= 4 is 0 Å². The highest BCUT2D eigenvalue weighted by Gasteiger charge is 2.27. The molecule has 0 saturated heterocycles. The molecule has 1 N–H and O–H groups in total. The van der Waals surface area contributed by atoms with Gasteiger partial charge in [0, 0.05) is 18.8 Å². The Morgan fingerprint density at radius 1 is 1.50 bits per heavy atom. The molecule has 0 amide bonds. The average molecular weight is 265 g/mol. The second-order valence-corrected chi connectivity index (χ2v) is 4.02. The lowest BCUT2D eigenvalue weighted by molar-refractivity contribution is -0.175. The molecule has 0 radical (unpaired) electrons. The minimum Gasteiger partial charge on any atom is -0.370 e. The van der Waals surface area contributed by atoms with Crippen LogP contribution in [0.2, 0.25) is 0 Å². The Kier molecular flexibility index (Phi) is 5.61. The molecule has 1 aromatic rings. The van der Waals surface area contributed by atoms with E-state index in [0.717, 1.165) is 12.1 Å². The number of likely N-dealkylation sites (N-methyl/N-ethyl adjacent to an activating group) is 1. The lowest BCUT2D eigenvalue weighted by Gasteiger charge is -2.16. The highest BCUT2D eigenvalue weighted by Crippen LogP contribution is 2.14. The van der Waals surface area contributed by atoms with E-state index in [-0.39, 0.29) is 12.6 Å². The van der Waals surface area contributed by atoms with Crippen LogP contribution in [-0.2, 0) is 17.7 Å². The van der Waals surface area contributed by atoms with Crippen molar-refractivity contribution < 1.29 is 17.9 Å². The van der Waals surface area contributed by atoms with Crippen LogP contribution in [0.15, 0.2) is 12.4 Å². The maximum atomic E-state index is 11.9. The average Bonchev–Trinajstić information content (AvgIpc) is 2.74. The van der Waals surface area contributed by atoms with Gasteiger partial charge in [-0.15, -0.1) is 0 Å². The quantitative estimate of drug-likeness (QED) is 0.814. The second-order valence-electron chi connectivity index (χ2n) is 4.02. The third-order valence-corrected chi connectivity index (χ3v) is 2.49. The predicted molar refractivity (Wildman–Crippen MR) is 61.3 cm³/mol. The smallest absolute Gasteiger partial charge is 0.370 e. The molecule has 1 heterocycles. The molecule has 1 aromatic heterocycles. The van der Waals surface area contributed by atoms with E-state index in [2.05, 4.69) is 15.2 Å². The Bertz CT molecular complexity index is 352. The number of hydrogen-bond donors (Lipinski definition) is 1.